The molecule has 1 aromatic heterocycles. The predicted octanol–water partition coefficient (Wildman–Crippen LogP) is -0.00660. The Kier molecular flexibility index (Phi) is 5.23. The smallest absolute Gasteiger partial charge is 0.274 e. The van der Waals surface area contributed by atoms with Gasteiger partial charge in [-0.3, -0.25) is 4.79 Å². The van der Waals surface area contributed by atoms with E-state index in [9.17, 15) is 9.90 Å². The topological polar surface area (TPSA) is 76.4 Å². The molecule has 0 aliphatic rings. The first-order chi connectivity index (χ1) is 9.72. The second-order valence-electron chi connectivity index (χ2n) is 4.57. The third-order valence-corrected chi connectivity index (χ3v) is 3.01. The fourth-order valence-corrected chi connectivity index (χ4v) is 1.96. The number of aliphatic hydroxyl groups is 1. The lowest BCUT2D eigenvalue weighted by molar-refractivity contribution is 0.138. The number of rotatable bonds is 7. The van der Waals surface area contributed by atoms with E-state index in [0.29, 0.717) is 25.1 Å². The van der Waals surface area contributed by atoms with Gasteiger partial charge in [0.05, 0.1) is 30.8 Å². The normalized spacial score (nSPS) is 12.7. The van der Waals surface area contributed by atoms with Gasteiger partial charge in [0.1, 0.15) is 0 Å². The molecule has 2 rings (SSSR count). The van der Waals surface area contributed by atoms with Gasteiger partial charge in [-0.2, -0.15) is 5.10 Å². The molecule has 0 aliphatic heterocycles. The van der Waals surface area contributed by atoms with Crippen molar-refractivity contribution in [3.05, 3.63) is 40.8 Å². The predicted molar refractivity (Wildman–Crippen MR) is 76.8 cm³/mol. The molecule has 0 amide bonds. The SMILES string of the molecule is COCCNCC(O)Cn1ncc2ccccc2c1=O. The van der Waals surface area contributed by atoms with Gasteiger partial charge in [0.2, 0.25) is 0 Å². The molecule has 0 bridgehead atoms. The Labute approximate surface area is 117 Å². The summed E-state index contributed by atoms with van der Waals surface area (Å²) in [6.07, 6.45) is 0.972. The van der Waals surface area contributed by atoms with Gasteiger partial charge >= 0.3 is 0 Å². The van der Waals surface area contributed by atoms with Crippen LogP contribution in [0.1, 0.15) is 0 Å². The highest BCUT2D eigenvalue weighted by Gasteiger charge is 2.09. The van der Waals surface area contributed by atoms with E-state index in [1.165, 1.54) is 4.68 Å². The van der Waals surface area contributed by atoms with E-state index in [2.05, 4.69) is 10.4 Å². The zero-order valence-corrected chi connectivity index (χ0v) is 11.5. The molecule has 0 radical (unpaired) electrons. The molecule has 0 saturated carbocycles. The zero-order valence-electron chi connectivity index (χ0n) is 11.5. The molecule has 1 aromatic carbocycles. The minimum absolute atomic E-state index is 0.170. The highest BCUT2D eigenvalue weighted by Crippen LogP contribution is 2.06. The van der Waals surface area contributed by atoms with E-state index in [4.69, 9.17) is 4.74 Å². The van der Waals surface area contributed by atoms with Gasteiger partial charge in [-0.1, -0.05) is 18.2 Å². The van der Waals surface area contributed by atoms with E-state index in [1.54, 1.807) is 19.4 Å². The molecule has 20 heavy (non-hydrogen) atoms. The number of nitrogens with one attached hydrogen (secondary N) is 1. The van der Waals surface area contributed by atoms with Crippen molar-refractivity contribution in [2.24, 2.45) is 0 Å². The maximum Gasteiger partial charge on any atom is 0.274 e. The largest absolute Gasteiger partial charge is 0.390 e. The number of aromatic nitrogens is 2. The molecular formula is C14H19N3O3. The summed E-state index contributed by atoms with van der Waals surface area (Å²) >= 11 is 0. The summed E-state index contributed by atoms with van der Waals surface area (Å²) in [5.74, 6) is 0. The fraction of sp³-hybridized carbons (Fsp3) is 0.429. The van der Waals surface area contributed by atoms with E-state index in [1.807, 2.05) is 18.2 Å². The highest BCUT2D eigenvalue weighted by molar-refractivity contribution is 5.80. The van der Waals surface area contributed by atoms with Crippen LogP contribution in [-0.2, 0) is 11.3 Å². The molecule has 2 aromatic rings. The van der Waals surface area contributed by atoms with Crippen LogP contribution < -0.4 is 10.9 Å². The van der Waals surface area contributed by atoms with Gasteiger partial charge < -0.3 is 15.2 Å². The lowest BCUT2D eigenvalue weighted by Crippen LogP contribution is -2.36. The van der Waals surface area contributed by atoms with E-state index in [-0.39, 0.29) is 12.1 Å². The van der Waals surface area contributed by atoms with Crippen LogP contribution in [0.4, 0.5) is 0 Å². The van der Waals surface area contributed by atoms with Crippen molar-refractivity contribution in [1.82, 2.24) is 15.1 Å². The van der Waals surface area contributed by atoms with Crippen LogP contribution in [0.25, 0.3) is 10.8 Å². The minimum Gasteiger partial charge on any atom is -0.390 e. The Morgan fingerprint density at radius 2 is 2.25 bits per heavy atom. The molecule has 2 N–H and O–H groups in total. The van der Waals surface area contributed by atoms with Crippen molar-refractivity contribution < 1.29 is 9.84 Å². The van der Waals surface area contributed by atoms with Gasteiger partial charge in [-0.15, -0.1) is 0 Å². The van der Waals surface area contributed by atoms with Crippen molar-refractivity contribution in [3.8, 4) is 0 Å². The molecule has 1 heterocycles. The number of fused-ring (bicyclic) bond motifs is 1. The Morgan fingerprint density at radius 1 is 1.45 bits per heavy atom. The molecule has 0 aliphatic carbocycles. The summed E-state index contributed by atoms with van der Waals surface area (Å²) in [5, 5.41) is 18.4. The quantitative estimate of drug-likeness (QED) is 0.696. The number of aliphatic hydroxyl groups excluding tert-OH is 1. The van der Waals surface area contributed by atoms with Gasteiger partial charge in [0.15, 0.2) is 0 Å². The molecule has 0 spiro atoms. The van der Waals surface area contributed by atoms with Gasteiger partial charge in [-0.25, -0.2) is 4.68 Å². The molecular weight excluding hydrogens is 258 g/mol. The van der Waals surface area contributed by atoms with E-state index >= 15 is 0 Å². The maximum atomic E-state index is 12.2. The van der Waals surface area contributed by atoms with Crippen LogP contribution in [0.5, 0.6) is 0 Å². The monoisotopic (exact) mass is 277 g/mol. The number of ether oxygens (including phenoxy) is 1. The van der Waals surface area contributed by atoms with E-state index < -0.39 is 6.10 Å². The maximum absolute atomic E-state index is 12.2. The molecule has 1 unspecified atom stereocenters. The Balaban J connectivity index is 2.02. The molecule has 6 nitrogen and oxygen atoms in total. The van der Waals surface area contributed by atoms with Gasteiger partial charge in [0, 0.05) is 25.6 Å². The van der Waals surface area contributed by atoms with E-state index in [0.717, 1.165) is 5.39 Å². The summed E-state index contributed by atoms with van der Waals surface area (Å²) < 4.78 is 6.19. The van der Waals surface area contributed by atoms with Crippen LogP contribution in [0.15, 0.2) is 35.3 Å². The lowest BCUT2D eigenvalue weighted by atomic mass is 10.2. The Bertz CT molecular complexity index is 612. The van der Waals surface area contributed by atoms with Crippen molar-refractivity contribution in [2.45, 2.75) is 12.6 Å². The number of benzene rings is 1. The first-order valence-corrected chi connectivity index (χ1v) is 6.55. The zero-order chi connectivity index (χ0) is 14.4. The number of hydrogen-bond donors (Lipinski definition) is 2. The summed E-state index contributed by atoms with van der Waals surface area (Å²) in [5.41, 5.74) is -0.181. The number of hydrogen-bond acceptors (Lipinski definition) is 5. The van der Waals surface area contributed by atoms with Crippen molar-refractivity contribution in [1.29, 1.82) is 0 Å². The Hall–Kier alpha value is -1.76. The third kappa shape index (κ3) is 3.63. The summed E-state index contributed by atoms with van der Waals surface area (Å²) in [4.78, 5) is 12.2. The average molecular weight is 277 g/mol. The summed E-state index contributed by atoms with van der Waals surface area (Å²) in [6.45, 7) is 1.81. The van der Waals surface area contributed by atoms with Crippen LogP contribution in [0, 0.1) is 0 Å². The molecule has 0 fully saturated rings. The molecule has 1 atom stereocenters. The van der Waals surface area contributed by atoms with Crippen molar-refractivity contribution in [2.75, 3.05) is 26.8 Å². The number of methoxy groups -OCH3 is 1. The summed E-state index contributed by atoms with van der Waals surface area (Å²) in [7, 11) is 1.62. The molecule has 108 valence electrons. The van der Waals surface area contributed by atoms with Crippen molar-refractivity contribution >= 4 is 10.8 Å². The lowest BCUT2D eigenvalue weighted by Gasteiger charge is -2.13. The second kappa shape index (κ2) is 7.14. The Morgan fingerprint density at radius 3 is 3.05 bits per heavy atom. The van der Waals surface area contributed by atoms with Crippen LogP contribution in [0.2, 0.25) is 0 Å². The standard InChI is InChI=1S/C14H19N3O3/c1-20-7-6-15-9-12(18)10-17-14(19)13-5-3-2-4-11(13)8-16-17/h2-5,8,12,15,18H,6-7,9-10H2,1H3. The first-order valence-electron chi connectivity index (χ1n) is 6.55. The molecule has 0 saturated heterocycles. The highest BCUT2D eigenvalue weighted by atomic mass is 16.5. The fourth-order valence-electron chi connectivity index (χ4n) is 1.96. The minimum atomic E-state index is -0.668. The van der Waals surface area contributed by atoms with Crippen molar-refractivity contribution in [3.63, 3.8) is 0 Å². The first kappa shape index (κ1) is 14.6. The van der Waals surface area contributed by atoms with Crippen LogP contribution in [0.3, 0.4) is 0 Å². The van der Waals surface area contributed by atoms with Crippen LogP contribution in [-0.4, -0.2) is 47.8 Å². The third-order valence-electron chi connectivity index (χ3n) is 3.01. The average Bonchev–Trinajstić information content (AvgIpc) is 2.47. The van der Waals surface area contributed by atoms with Gasteiger partial charge in [-0.05, 0) is 6.07 Å². The molecule has 6 heteroatoms. The van der Waals surface area contributed by atoms with Gasteiger partial charge in [0.25, 0.3) is 5.56 Å². The van der Waals surface area contributed by atoms with Crippen LogP contribution >= 0.6 is 0 Å². The number of nitrogens with zero attached hydrogens (tertiary/aromatic N) is 2. The second-order valence-corrected chi connectivity index (χ2v) is 4.57. The summed E-state index contributed by atoms with van der Waals surface area (Å²) in [6, 6.07) is 7.29.